The molecule has 1 aliphatic rings. The summed E-state index contributed by atoms with van der Waals surface area (Å²) in [7, 11) is 0. The molecule has 0 aliphatic heterocycles. The predicted molar refractivity (Wildman–Crippen MR) is 80.8 cm³/mol. The number of hydrogen-bond donors (Lipinski definition) is 1. The van der Waals surface area contributed by atoms with Crippen molar-refractivity contribution in [2.75, 3.05) is 0 Å². The molecule has 2 N–H and O–H groups in total. The summed E-state index contributed by atoms with van der Waals surface area (Å²) in [5.41, 5.74) is 11.1. The van der Waals surface area contributed by atoms with E-state index in [9.17, 15) is 4.79 Å². The van der Waals surface area contributed by atoms with E-state index in [2.05, 4.69) is 19.1 Å². The third-order valence-corrected chi connectivity index (χ3v) is 4.10. The van der Waals surface area contributed by atoms with Crippen LogP contribution in [0.2, 0.25) is 0 Å². The Morgan fingerprint density at radius 3 is 2.90 bits per heavy atom. The number of aryl methyl sites for hydroxylation is 2. The topological polar surface area (TPSA) is 48.0 Å². The van der Waals surface area contributed by atoms with Crippen molar-refractivity contribution in [1.29, 1.82) is 0 Å². The van der Waals surface area contributed by atoms with Crippen molar-refractivity contribution in [2.24, 2.45) is 5.73 Å². The average molecular weight is 268 g/mol. The van der Waals surface area contributed by atoms with Crippen LogP contribution in [0.3, 0.4) is 0 Å². The molecule has 1 heterocycles. The highest BCUT2D eigenvalue weighted by Gasteiger charge is 2.17. The van der Waals surface area contributed by atoms with Gasteiger partial charge in [0.2, 0.25) is 0 Å². The Morgan fingerprint density at radius 2 is 2.10 bits per heavy atom. The van der Waals surface area contributed by atoms with E-state index in [0.29, 0.717) is 6.54 Å². The number of aromatic nitrogens is 1. The van der Waals surface area contributed by atoms with Gasteiger partial charge in [0.25, 0.3) is 5.56 Å². The molecule has 1 unspecified atom stereocenters. The lowest BCUT2D eigenvalue weighted by Gasteiger charge is -2.17. The van der Waals surface area contributed by atoms with Crippen molar-refractivity contribution in [3.05, 3.63) is 69.1 Å². The molecule has 0 bridgehead atoms. The molecule has 1 aromatic heterocycles. The van der Waals surface area contributed by atoms with Gasteiger partial charge in [-0.1, -0.05) is 35.9 Å². The van der Waals surface area contributed by atoms with Crippen LogP contribution in [0, 0.1) is 6.92 Å². The molecule has 3 rings (SSSR count). The standard InChI is InChI=1S/C17H20N2O/c1-12-4-2-6-14(10-12)15(18)11-19-16-7-3-5-13(16)8-9-17(19)20/h2,4,6,8-10,15H,3,5,7,11,18H2,1H3. The first kappa shape index (κ1) is 13.1. The molecule has 1 aliphatic carbocycles. The largest absolute Gasteiger partial charge is 0.322 e. The molecular weight excluding hydrogens is 248 g/mol. The molecule has 3 nitrogen and oxygen atoms in total. The maximum absolute atomic E-state index is 12.1. The number of pyridine rings is 1. The number of fused-ring (bicyclic) bond motifs is 1. The van der Waals surface area contributed by atoms with Crippen LogP contribution in [0.4, 0.5) is 0 Å². The molecule has 0 spiro atoms. The van der Waals surface area contributed by atoms with E-state index in [4.69, 9.17) is 5.73 Å². The summed E-state index contributed by atoms with van der Waals surface area (Å²) in [5.74, 6) is 0. The Bertz CT molecular complexity index is 688. The van der Waals surface area contributed by atoms with Gasteiger partial charge in [-0.2, -0.15) is 0 Å². The summed E-state index contributed by atoms with van der Waals surface area (Å²) in [6.45, 7) is 2.62. The molecule has 0 radical (unpaired) electrons. The van der Waals surface area contributed by atoms with E-state index in [1.807, 2.05) is 22.8 Å². The second kappa shape index (κ2) is 5.25. The van der Waals surface area contributed by atoms with Crippen molar-refractivity contribution in [3.63, 3.8) is 0 Å². The fraction of sp³-hybridized carbons (Fsp3) is 0.353. The van der Waals surface area contributed by atoms with E-state index in [1.54, 1.807) is 6.07 Å². The number of nitrogens with zero attached hydrogens (tertiary/aromatic N) is 1. The number of hydrogen-bond acceptors (Lipinski definition) is 2. The highest BCUT2D eigenvalue weighted by Crippen LogP contribution is 2.22. The van der Waals surface area contributed by atoms with Crippen molar-refractivity contribution >= 4 is 0 Å². The smallest absolute Gasteiger partial charge is 0.250 e. The normalized spacial score (nSPS) is 15.1. The van der Waals surface area contributed by atoms with E-state index in [-0.39, 0.29) is 11.6 Å². The fourth-order valence-electron chi connectivity index (χ4n) is 3.04. The van der Waals surface area contributed by atoms with E-state index < -0.39 is 0 Å². The summed E-state index contributed by atoms with van der Waals surface area (Å²) in [4.78, 5) is 12.1. The van der Waals surface area contributed by atoms with Gasteiger partial charge in [0.1, 0.15) is 0 Å². The lowest BCUT2D eigenvalue weighted by atomic mass is 10.0. The Morgan fingerprint density at radius 1 is 1.25 bits per heavy atom. The first-order valence-corrected chi connectivity index (χ1v) is 7.19. The Balaban J connectivity index is 1.92. The minimum Gasteiger partial charge on any atom is -0.322 e. The zero-order chi connectivity index (χ0) is 14.1. The molecule has 1 aromatic carbocycles. The molecule has 0 fully saturated rings. The second-order valence-electron chi connectivity index (χ2n) is 5.63. The number of rotatable bonds is 3. The van der Waals surface area contributed by atoms with Gasteiger partial charge in [-0.3, -0.25) is 4.79 Å². The van der Waals surface area contributed by atoms with Crippen LogP contribution in [0.1, 0.15) is 34.8 Å². The van der Waals surface area contributed by atoms with E-state index >= 15 is 0 Å². The number of benzene rings is 1. The van der Waals surface area contributed by atoms with E-state index in [1.165, 1.54) is 16.8 Å². The van der Waals surface area contributed by atoms with Crippen molar-refractivity contribution in [1.82, 2.24) is 4.57 Å². The molecular formula is C17H20N2O. The van der Waals surface area contributed by atoms with Gasteiger partial charge in [0.15, 0.2) is 0 Å². The quantitative estimate of drug-likeness (QED) is 0.929. The first-order valence-electron chi connectivity index (χ1n) is 7.19. The zero-order valence-corrected chi connectivity index (χ0v) is 11.8. The Hall–Kier alpha value is -1.87. The summed E-state index contributed by atoms with van der Waals surface area (Å²) in [5, 5.41) is 0. The molecule has 0 saturated heterocycles. The molecule has 0 amide bonds. The summed E-state index contributed by atoms with van der Waals surface area (Å²) in [6.07, 6.45) is 3.21. The molecule has 104 valence electrons. The maximum Gasteiger partial charge on any atom is 0.250 e. The van der Waals surface area contributed by atoms with Crippen LogP contribution in [0.25, 0.3) is 0 Å². The lowest BCUT2D eigenvalue weighted by molar-refractivity contribution is 0.544. The third kappa shape index (κ3) is 2.41. The van der Waals surface area contributed by atoms with Crippen LogP contribution >= 0.6 is 0 Å². The highest BCUT2D eigenvalue weighted by atomic mass is 16.1. The minimum atomic E-state index is -0.139. The van der Waals surface area contributed by atoms with Gasteiger partial charge in [0.05, 0.1) is 0 Å². The fourth-order valence-corrected chi connectivity index (χ4v) is 3.04. The summed E-state index contributed by atoms with van der Waals surface area (Å²) >= 11 is 0. The van der Waals surface area contributed by atoms with Gasteiger partial charge in [-0.15, -0.1) is 0 Å². The molecule has 0 saturated carbocycles. The maximum atomic E-state index is 12.1. The number of nitrogens with two attached hydrogens (primary N) is 1. The van der Waals surface area contributed by atoms with Crippen molar-refractivity contribution in [2.45, 2.75) is 38.8 Å². The molecule has 1 atom stereocenters. The van der Waals surface area contributed by atoms with Gasteiger partial charge in [-0.25, -0.2) is 0 Å². The highest BCUT2D eigenvalue weighted by molar-refractivity contribution is 5.28. The van der Waals surface area contributed by atoms with Gasteiger partial charge in [-0.05, 0) is 37.3 Å². The van der Waals surface area contributed by atoms with E-state index in [0.717, 1.165) is 24.8 Å². The van der Waals surface area contributed by atoms with Crippen LogP contribution in [0.15, 0.2) is 41.2 Å². The first-order chi connectivity index (χ1) is 9.65. The predicted octanol–water partition coefficient (Wildman–Crippen LogP) is 2.35. The third-order valence-electron chi connectivity index (χ3n) is 4.10. The van der Waals surface area contributed by atoms with Crippen LogP contribution in [0.5, 0.6) is 0 Å². The van der Waals surface area contributed by atoms with Gasteiger partial charge >= 0.3 is 0 Å². The average Bonchev–Trinajstić information content (AvgIpc) is 2.90. The molecule has 20 heavy (non-hydrogen) atoms. The molecule has 2 aromatic rings. The Kier molecular flexibility index (Phi) is 3.45. The van der Waals surface area contributed by atoms with Gasteiger partial charge < -0.3 is 10.3 Å². The molecule has 3 heteroatoms. The lowest BCUT2D eigenvalue weighted by Crippen LogP contribution is -2.28. The van der Waals surface area contributed by atoms with Crippen molar-refractivity contribution in [3.8, 4) is 0 Å². The second-order valence-corrected chi connectivity index (χ2v) is 5.63. The minimum absolute atomic E-state index is 0.0637. The van der Waals surface area contributed by atoms with Gasteiger partial charge in [0, 0.05) is 24.3 Å². The SMILES string of the molecule is Cc1cccc(C(N)Cn2c3c(ccc2=O)CCC3)c1. The summed E-state index contributed by atoms with van der Waals surface area (Å²) in [6, 6.07) is 11.7. The monoisotopic (exact) mass is 268 g/mol. The zero-order valence-electron chi connectivity index (χ0n) is 11.8. The van der Waals surface area contributed by atoms with Crippen LogP contribution < -0.4 is 11.3 Å². The van der Waals surface area contributed by atoms with Crippen molar-refractivity contribution < 1.29 is 0 Å². The Labute approximate surface area is 119 Å². The van der Waals surface area contributed by atoms with Crippen LogP contribution in [-0.4, -0.2) is 4.57 Å². The van der Waals surface area contributed by atoms with Crippen LogP contribution in [-0.2, 0) is 19.4 Å². The summed E-state index contributed by atoms with van der Waals surface area (Å²) < 4.78 is 1.87.